The molecule has 0 saturated heterocycles. The fourth-order valence-corrected chi connectivity index (χ4v) is 2.16. The van der Waals surface area contributed by atoms with Crippen LogP contribution >= 0.6 is 23.4 Å². The van der Waals surface area contributed by atoms with E-state index < -0.39 is 0 Å². The smallest absolute Gasteiger partial charge is 0.165 e. The lowest BCUT2D eigenvalue weighted by molar-refractivity contribution is 0.310. The normalized spacial score (nSPS) is 10.4. The summed E-state index contributed by atoms with van der Waals surface area (Å²) in [6, 6.07) is 3.55. The van der Waals surface area contributed by atoms with Gasteiger partial charge in [-0.25, -0.2) is 0 Å². The Balaban J connectivity index is 2.79. The maximum atomic E-state index is 5.97. The van der Waals surface area contributed by atoms with Crippen LogP contribution in [0, 0.1) is 0 Å². The summed E-state index contributed by atoms with van der Waals surface area (Å²) in [5, 5.41) is 0.609. The first-order valence-corrected chi connectivity index (χ1v) is 7.03. The quantitative estimate of drug-likeness (QED) is 0.777. The molecule has 0 fully saturated rings. The van der Waals surface area contributed by atoms with Crippen molar-refractivity contribution < 1.29 is 9.47 Å². The SMILES string of the molecule is CCSCCOc1c(CN)cc(Cl)cc1OC. The lowest BCUT2D eigenvalue weighted by atomic mass is 10.2. The molecule has 0 unspecified atom stereocenters. The molecule has 0 amide bonds. The standard InChI is InChI=1S/C12H18ClNO2S/c1-3-17-5-4-16-12-9(8-14)6-10(13)7-11(12)15-2/h6-7H,3-5,8,14H2,1-2H3. The third kappa shape index (κ3) is 4.30. The predicted molar refractivity (Wildman–Crippen MR) is 74.4 cm³/mol. The van der Waals surface area contributed by atoms with Crippen molar-refractivity contribution in [3.63, 3.8) is 0 Å². The molecular weight excluding hydrogens is 258 g/mol. The summed E-state index contributed by atoms with van der Waals surface area (Å²) in [5.41, 5.74) is 6.55. The molecule has 0 aromatic heterocycles. The Morgan fingerprint density at radius 2 is 2.18 bits per heavy atom. The van der Waals surface area contributed by atoms with E-state index in [0.29, 0.717) is 29.7 Å². The minimum Gasteiger partial charge on any atom is -0.493 e. The minimum absolute atomic E-state index is 0.382. The van der Waals surface area contributed by atoms with Crippen LogP contribution < -0.4 is 15.2 Å². The average molecular weight is 276 g/mol. The van der Waals surface area contributed by atoms with E-state index >= 15 is 0 Å². The molecule has 1 aromatic carbocycles. The van der Waals surface area contributed by atoms with Gasteiger partial charge in [0.15, 0.2) is 11.5 Å². The second-order valence-electron chi connectivity index (χ2n) is 3.35. The van der Waals surface area contributed by atoms with E-state index in [4.69, 9.17) is 26.8 Å². The Morgan fingerprint density at radius 1 is 1.41 bits per heavy atom. The molecule has 5 heteroatoms. The highest BCUT2D eigenvalue weighted by Gasteiger charge is 2.11. The van der Waals surface area contributed by atoms with E-state index in [1.165, 1.54) is 0 Å². The Hall–Kier alpha value is -0.580. The monoisotopic (exact) mass is 275 g/mol. The summed E-state index contributed by atoms with van der Waals surface area (Å²) >= 11 is 7.80. The number of methoxy groups -OCH3 is 1. The van der Waals surface area contributed by atoms with Gasteiger partial charge in [-0.05, 0) is 11.8 Å². The van der Waals surface area contributed by atoms with Crippen LogP contribution in [-0.2, 0) is 6.54 Å². The Morgan fingerprint density at radius 3 is 2.76 bits per heavy atom. The van der Waals surface area contributed by atoms with Gasteiger partial charge in [0.05, 0.1) is 13.7 Å². The molecule has 0 saturated carbocycles. The number of benzene rings is 1. The molecule has 0 atom stereocenters. The van der Waals surface area contributed by atoms with Crippen molar-refractivity contribution in [2.24, 2.45) is 5.73 Å². The maximum Gasteiger partial charge on any atom is 0.165 e. The predicted octanol–water partition coefficient (Wildman–Crippen LogP) is 2.94. The number of ether oxygens (including phenoxy) is 2. The highest BCUT2D eigenvalue weighted by atomic mass is 35.5. The zero-order valence-electron chi connectivity index (χ0n) is 10.2. The zero-order chi connectivity index (χ0) is 12.7. The van der Waals surface area contributed by atoms with E-state index in [1.807, 2.05) is 17.8 Å². The Bertz CT molecular complexity index is 335. The Labute approximate surface area is 112 Å². The molecule has 0 heterocycles. The molecule has 1 aromatic rings. The number of hydrogen-bond donors (Lipinski definition) is 1. The van der Waals surface area contributed by atoms with Crippen LogP contribution in [0.1, 0.15) is 12.5 Å². The van der Waals surface area contributed by atoms with Gasteiger partial charge in [0.1, 0.15) is 0 Å². The van der Waals surface area contributed by atoms with Crippen molar-refractivity contribution >= 4 is 23.4 Å². The van der Waals surface area contributed by atoms with Crippen molar-refractivity contribution in [1.82, 2.24) is 0 Å². The van der Waals surface area contributed by atoms with Gasteiger partial charge in [-0.3, -0.25) is 0 Å². The van der Waals surface area contributed by atoms with Gasteiger partial charge in [-0.1, -0.05) is 18.5 Å². The number of nitrogens with two attached hydrogens (primary N) is 1. The fraction of sp³-hybridized carbons (Fsp3) is 0.500. The van der Waals surface area contributed by atoms with Gasteiger partial charge in [-0.2, -0.15) is 11.8 Å². The van der Waals surface area contributed by atoms with Gasteiger partial charge in [-0.15, -0.1) is 0 Å². The molecular formula is C12H18ClNO2S. The van der Waals surface area contributed by atoms with Gasteiger partial charge in [0, 0.05) is 29.0 Å². The summed E-state index contributed by atoms with van der Waals surface area (Å²) in [5.74, 6) is 3.38. The zero-order valence-corrected chi connectivity index (χ0v) is 11.7. The van der Waals surface area contributed by atoms with Gasteiger partial charge < -0.3 is 15.2 Å². The fourth-order valence-electron chi connectivity index (χ4n) is 1.44. The summed E-state index contributed by atoms with van der Waals surface area (Å²) in [4.78, 5) is 0. The summed E-state index contributed by atoms with van der Waals surface area (Å²) in [6.45, 7) is 3.15. The van der Waals surface area contributed by atoms with Crippen molar-refractivity contribution in [2.45, 2.75) is 13.5 Å². The molecule has 2 N–H and O–H groups in total. The van der Waals surface area contributed by atoms with Crippen LogP contribution in [0.2, 0.25) is 5.02 Å². The molecule has 0 spiro atoms. The summed E-state index contributed by atoms with van der Waals surface area (Å²) in [6.07, 6.45) is 0. The van der Waals surface area contributed by atoms with Gasteiger partial charge in [0.25, 0.3) is 0 Å². The van der Waals surface area contributed by atoms with Crippen molar-refractivity contribution in [3.8, 4) is 11.5 Å². The molecule has 0 bridgehead atoms. The lowest BCUT2D eigenvalue weighted by Gasteiger charge is -2.14. The molecule has 3 nitrogen and oxygen atoms in total. The van der Waals surface area contributed by atoms with E-state index in [0.717, 1.165) is 17.1 Å². The van der Waals surface area contributed by atoms with Crippen molar-refractivity contribution in [3.05, 3.63) is 22.7 Å². The van der Waals surface area contributed by atoms with Crippen LogP contribution in [0.4, 0.5) is 0 Å². The first kappa shape index (κ1) is 14.5. The van der Waals surface area contributed by atoms with Crippen LogP contribution in [0.25, 0.3) is 0 Å². The molecule has 0 radical (unpaired) electrons. The average Bonchev–Trinajstić information content (AvgIpc) is 2.35. The van der Waals surface area contributed by atoms with Gasteiger partial charge in [0.2, 0.25) is 0 Å². The van der Waals surface area contributed by atoms with Crippen LogP contribution in [0.5, 0.6) is 11.5 Å². The van der Waals surface area contributed by atoms with E-state index in [-0.39, 0.29) is 0 Å². The summed E-state index contributed by atoms with van der Waals surface area (Å²) in [7, 11) is 1.60. The van der Waals surface area contributed by atoms with E-state index in [9.17, 15) is 0 Å². The van der Waals surface area contributed by atoms with E-state index in [2.05, 4.69) is 6.92 Å². The molecule has 0 aliphatic carbocycles. The topological polar surface area (TPSA) is 44.5 Å². The molecule has 17 heavy (non-hydrogen) atoms. The number of hydrogen-bond acceptors (Lipinski definition) is 4. The molecule has 0 aliphatic heterocycles. The molecule has 96 valence electrons. The largest absolute Gasteiger partial charge is 0.493 e. The van der Waals surface area contributed by atoms with Crippen LogP contribution in [0.3, 0.4) is 0 Å². The second-order valence-corrected chi connectivity index (χ2v) is 5.18. The maximum absolute atomic E-state index is 5.97. The third-order valence-corrected chi connectivity index (χ3v) is 3.30. The number of thioether (sulfide) groups is 1. The van der Waals surface area contributed by atoms with Crippen LogP contribution in [0.15, 0.2) is 12.1 Å². The number of rotatable bonds is 7. The lowest BCUT2D eigenvalue weighted by Crippen LogP contribution is -2.07. The number of halogens is 1. The molecule has 1 rings (SSSR count). The van der Waals surface area contributed by atoms with Crippen molar-refractivity contribution in [1.29, 1.82) is 0 Å². The van der Waals surface area contributed by atoms with Gasteiger partial charge >= 0.3 is 0 Å². The van der Waals surface area contributed by atoms with Crippen molar-refractivity contribution in [2.75, 3.05) is 25.2 Å². The Kier molecular flexibility index (Phi) is 6.55. The highest BCUT2D eigenvalue weighted by molar-refractivity contribution is 7.99. The minimum atomic E-state index is 0.382. The first-order chi connectivity index (χ1) is 8.22. The molecule has 0 aliphatic rings. The second kappa shape index (κ2) is 7.69. The van der Waals surface area contributed by atoms with Crippen LogP contribution in [-0.4, -0.2) is 25.2 Å². The third-order valence-electron chi connectivity index (χ3n) is 2.21. The summed E-state index contributed by atoms with van der Waals surface area (Å²) < 4.78 is 11.0. The van der Waals surface area contributed by atoms with E-state index in [1.54, 1.807) is 13.2 Å². The first-order valence-electron chi connectivity index (χ1n) is 5.50. The highest BCUT2D eigenvalue weighted by Crippen LogP contribution is 2.34.